The number of fused-ring (bicyclic) bond motifs is 1. The van der Waals surface area contributed by atoms with Gasteiger partial charge in [-0.2, -0.15) is 5.10 Å². The number of aldehydes is 1. The number of amides is 1. The van der Waals surface area contributed by atoms with E-state index >= 15 is 0 Å². The van der Waals surface area contributed by atoms with Crippen molar-refractivity contribution in [2.75, 3.05) is 33.0 Å². The average Bonchev–Trinajstić information content (AvgIpc) is 3.49. The van der Waals surface area contributed by atoms with Crippen LogP contribution < -0.4 is 15.2 Å². The predicted octanol–water partition coefficient (Wildman–Crippen LogP) is 3.70. The Morgan fingerprint density at radius 3 is 2.42 bits per heavy atom. The van der Waals surface area contributed by atoms with Gasteiger partial charge in [-0.15, -0.1) is 0 Å². The van der Waals surface area contributed by atoms with Crippen LogP contribution in [-0.2, 0) is 4.74 Å². The van der Waals surface area contributed by atoms with Gasteiger partial charge in [-0.25, -0.2) is 18.6 Å². The van der Waals surface area contributed by atoms with Crippen LogP contribution >= 0.6 is 0 Å². The summed E-state index contributed by atoms with van der Waals surface area (Å²) in [6, 6.07) is 0.737. The maximum Gasteiger partial charge on any atom is 0.410 e. The summed E-state index contributed by atoms with van der Waals surface area (Å²) in [5.41, 5.74) is 5.51. The average molecular weight is 528 g/mol. The number of aromatic nitrogens is 3. The highest BCUT2D eigenvalue weighted by Gasteiger charge is 2.33. The minimum Gasteiger partial charge on any atom is -0.493 e. The lowest BCUT2D eigenvalue weighted by atomic mass is 10.1. The van der Waals surface area contributed by atoms with Gasteiger partial charge < -0.3 is 24.8 Å². The number of carbonyl (C=O) groups excluding carboxylic acids is 2. The van der Waals surface area contributed by atoms with Gasteiger partial charge in [0.05, 0.1) is 36.7 Å². The summed E-state index contributed by atoms with van der Waals surface area (Å²) in [6.45, 7) is 5.99. The molecular weight excluding hydrogens is 500 g/mol. The van der Waals surface area contributed by atoms with Crippen LogP contribution in [0.2, 0.25) is 0 Å². The molecule has 1 atom stereocenters. The zero-order valence-corrected chi connectivity index (χ0v) is 21.6. The summed E-state index contributed by atoms with van der Waals surface area (Å²) in [7, 11) is 2.47. The number of hydrogen-bond acceptors (Lipinski definition) is 8. The standard InChI is InChI=1S/C26H27F2N5O5/c1-26(2,3)38-25(35)32-9-8-15(12-32)33-23-14(13-34)11-30-24(29)20(23)17(31-33)7-6-16-21(27)18(36-4)10-19(37-5)22(16)28/h10-11,13,15H,8-9,12H2,1-5H3,(H2,29,30)/t15-/m0/s1. The smallest absolute Gasteiger partial charge is 0.410 e. The van der Waals surface area contributed by atoms with Crippen molar-refractivity contribution in [2.45, 2.75) is 38.8 Å². The second-order valence-electron chi connectivity index (χ2n) is 9.64. The fourth-order valence-electron chi connectivity index (χ4n) is 4.21. The molecule has 0 aliphatic carbocycles. The van der Waals surface area contributed by atoms with Crippen LogP contribution in [0.25, 0.3) is 10.9 Å². The summed E-state index contributed by atoms with van der Waals surface area (Å²) in [4.78, 5) is 30.1. The molecule has 38 heavy (non-hydrogen) atoms. The van der Waals surface area contributed by atoms with Gasteiger partial charge in [-0.05, 0) is 33.1 Å². The Labute approximate surface area is 217 Å². The Morgan fingerprint density at radius 1 is 1.18 bits per heavy atom. The van der Waals surface area contributed by atoms with Crippen molar-refractivity contribution < 1.29 is 32.6 Å². The van der Waals surface area contributed by atoms with Crippen LogP contribution in [0.1, 0.15) is 54.8 Å². The third-order valence-corrected chi connectivity index (χ3v) is 5.95. The number of nitrogen functional groups attached to an aromatic ring is 1. The molecule has 1 aliphatic heterocycles. The summed E-state index contributed by atoms with van der Waals surface area (Å²) in [5, 5.41) is 4.80. The Kier molecular flexibility index (Phi) is 7.13. The van der Waals surface area contributed by atoms with Crippen molar-refractivity contribution in [3.05, 3.63) is 40.7 Å². The molecule has 10 nitrogen and oxygen atoms in total. The summed E-state index contributed by atoms with van der Waals surface area (Å²) >= 11 is 0. The van der Waals surface area contributed by atoms with E-state index < -0.39 is 28.9 Å². The third kappa shape index (κ3) is 4.91. The van der Waals surface area contributed by atoms with Crippen molar-refractivity contribution in [3.8, 4) is 23.3 Å². The first-order chi connectivity index (χ1) is 18.0. The number of halogens is 2. The van der Waals surface area contributed by atoms with Crippen LogP contribution in [0.3, 0.4) is 0 Å². The summed E-state index contributed by atoms with van der Waals surface area (Å²) < 4.78 is 46.7. The number of benzene rings is 1. The van der Waals surface area contributed by atoms with E-state index in [-0.39, 0.29) is 46.5 Å². The first kappa shape index (κ1) is 26.7. The van der Waals surface area contributed by atoms with Crippen molar-refractivity contribution >= 4 is 29.1 Å². The molecule has 0 saturated carbocycles. The quantitative estimate of drug-likeness (QED) is 0.403. The number of anilines is 1. The molecule has 0 bridgehead atoms. The molecule has 12 heteroatoms. The van der Waals surface area contributed by atoms with Crippen LogP contribution in [0, 0.1) is 23.5 Å². The molecule has 3 heterocycles. The fourth-order valence-corrected chi connectivity index (χ4v) is 4.21. The Hall–Kier alpha value is -4.40. The van der Waals surface area contributed by atoms with E-state index in [2.05, 4.69) is 21.9 Å². The summed E-state index contributed by atoms with van der Waals surface area (Å²) in [5.74, 6) is 2.66. The zero-order chi connectivity index (χ0) is 27.8. The number of rotatable bonds is 4. The first-order valence-corrected chi connectivity index (χ1v) is 11.7. The van der Waals surface area contributed by atoms with Crippen molar-refractivity contribution in [3.63, 3.8) is 0 Å². The van der Waals surface area contributed by atoms with Gasteiger partial charge in [0.25, 0.3) is 0 Å². The highest BCUT2D eigenvalue weighted by molar-refractivity contribution is 6.02. The summed E-state index contributed by atoms with van der Waals surface area (Å²) in [6.07, 6.45) is 1.97. The van der Waals surface area contributed by atoms with Gasteiger partial charge in [0.2, 0.25) is 0 Å². The van der Waals surface area contributed by atoms with Crippen molar-refractivity contribution in [1.29, 1.82) is 0 Å². The number of nitrogens with two attached hydrogens (primary N) is 1. The largest absolute Gasteiger partial charge is 0.493 e. The van der Waals surface area contributed by atoms with Gasteiger partial charge >= 0.3 is 6.09 Å². The SMILES string of the molecule is COc1cc(OC)c(F)c(C#Cc2nn([C@H]3CCN(C(=O)OC(C)(C)C)C3)c3c(C=O)cnc(N)c23)c1F. The number of ether oxygens (including phenoxy) is 3. The van der Waals surface area contributed by atoms with Gasteiger partial charge in [0.1, 0.15) is 22.7 Å². The van der Waals surface area contributed by atoms with Crippen molar-refractivity contribution in [2.24, 2.45) is 0 Å². The Morgan fingerprint density at radius 2 is 1.84 bits per heavy atom. The van der Waals surface area contributed by atoms with E-state index in [0.29, 0.717) is 24.8 Å². The number of likely N-dealkylation sites (tertiary alicyclic amines) is 1. The second kappa shape index (κ2) is 10.2. The molecule has 1 saturated heterocycles. The lowest BCUT2D eigenvalue weighted by Crippen LogP contribution is -2.35. The van der Waals surface area contributed by atoms with E-state index in [0.717, 1.165) is 6.07 Å². The molecule has 1 fully saturated rings. The number of methoxy groups -OCH3 is 2. The van der Waals surface area contributed by atoms with E-state index in [9.17, 15) is 18.4 Å². The lowest BCUT2D eigenvalue weighted by Gasteiger charge is -2.24. The molecule has 0 radical (unpaired) electrons. The van der Waals surface area contributed by atoms with E-state index in [1.54, 1.807) is 30.4 Å². The molecule has 1 amide bonds. The zero-order valence-electron chi connectivity index (χ0n) is 21.6. The molecule has 2 aromatic heterocycles. The number of carbonyl (C=O) groups is 2. The van der Waals surface area contributed by atoms with E-state index in [4.69, 9.17) is 19.9 Å². The molecule has 3 aromatic rings. The van der Waals surface area contributed by atoms with Crippen molar-refractivity contribution in [1.82, 2.24) is 19.7 Å². The van der Waals surface area contributed by atoms with Gasteiger partial charge in [0.15, 0.2) is 29.4 Å². The second-order valence-corrected chi connectivity index (χ2v) is 9.64. The van der Waals surface area contributed by atoms with Crippen LogP contribution in [0.5, 0.6) is 11.5 Å². The molecule has 4 rings (SSSR count). The predicted molar refractivity (Wildman–Crippen MR) is 134 cm³/mol. The van der Waals surface area contributed by atoms with Crippen LogP contribution in [-0.4, -0.2) is 65.0 Å². The van der Waals surface area contributed by atoms with E-state index in [1.165, 1.54) is 20.4 Å². The normalized spacial score (nSPS) is 15.2. The Bertz CT molecular complexity index is 1460. The minimum atomic E-state index is -1.01. The molecule has 1 aliphatic rings. The molecule has 0 spiro atoms. The topological polar surface area (TPSA) is 122 Å². The lowest BCUT2D eigenvalue weighted by molar-refractivity contribution is 0.0288. The maximum atomic E-state index is 14.9. The molecular formula is C26H27F2N5O5. The first-order valence-electron chi connectivity index (χ1n) is 11.7. The molecule has 0 unspecified atom stereocenters. The number of nitrogens with zero attached hydrogens (tertiary/aromatic N) is 4. The number of hydrogen-bond donors (Lipinski definition) is 1. The molecule has 2 N–H and O–H groups in total. The van der Waals surface area contributed by atoms with Crippen LogP contribution in [0.15, 0.2) is 12.3 Å². The highest BCUT2D eigenvalue weighted by Crippen LogP contribution is 2.33. The number of pyridine rings is 1. The molecule has 200 valence electrons. The van der Waals surface area contributed by atoms with Gasteiger partial charge in [-0.1, -0.05) is 5.92 Å². The molecule has 1 aromatic carbocycles. The van der Waals surface area contributed by atoms with Gasteiger partial charge in [0, 0.05) is 25.4 Å². The minimum absolute atomic E-state index is 0.0345. The fraction of sp³-hybridized carbons (Fsp3) is 0.385. The highest BCUT2D eigenvalue weighted by atomic mass is 19.1. The third-order valence-electron chi connectivity index (χ3n) is 5.95. The van der Waals surface area contributed by atoms with E-state index in [1.807, 2.05) is 0 Å². The van der Waals surface area contributed by atoms with Gasteiger partial charge in [-0.3, -0.25) is 9.48 Å². The Balaban J connectivity index is 1.82. The van der Waals surface area contributed by atoms with Crippen LogP contribution in [0.4, 0.5) is 19.4 Å². The monoisotopic (exact) mass is 527 g/mol. The maximum absolute atomic E-state index is 14.9.